The molecule has 6 heteroatoms. The molecule has 1 rings (SSSR count). The molecule has 0 bridgehead atoms. The Balaban J connectivity index is 3.20. The SMILES string of the molecule is CCOC(=O)/C=C(/c1cc(F)ccc1F)C(F)F. The number of ether oxygens (including phenoxy) is 1. The Bertz CT molecular complexity index is 469. The van der Waals surface area contributed by atoms with Gasteiger partial charge < -0.3 is 4.74 Å². The Morgan fingerprint density at radius 2 is 2.06 bits per heavy atom. The molecule has 1 aromatic carbocycles. The molecule has 0 saturated carbocycles. The van der Waals surface area contributed by atoms with Crippen molar-refractivity contribution in [2.45, 2.75) is 13.3 Å². The minimum atomic E-state index is -3.12. The Hall–Kier alpha value is -1.85. The molecule has 2 nitrogen and oxygen atoms in total. The minimum Gasteiger partial charge on any atom is -0.463 e. The van der Waals surface area contributed by atoms with E-state index < -0.39 is 35.2 Å². The largest absolute Gasteiger partial charge is 0.463 e. The Kier molecular flexibility index (Phi) is 4.88. The first kappa shape index (κ1) is 14.2. The van der Waals surface area contributed by atoms with E-state index in [4.69, 9.17) is 0 Å². The first-order valence-electron chi connectivity index (χ1n) is 5.07. The molecular formula is C12H10F4O2. The lowest BCUT2D eigenvalue weighted by molar-refractivity contribution is -0.137. The van der Waals surface area contributed by atoms with E-state index in [1.807, 2.05) is 0 Å². The first-order chi connectivity index (χ1) is 8.45. The number of rotatable bonds is 4. The fourth-order valence-corrected chi connectivity index (χ4v) is 1.29. The highest BCUT2D eigenvalue weighted by atomic mass is 19.3. The van der Waals surface area contributed by atoms with Gasteiger partial charge in [0.1, 0.15) is 11.6 Å². The predicted octanol–water partition coefficient (Wildman–Crippen LogP) is 3.18. The fraction of sp³-hybridized carbons (Fsp3) is 0.250. The van der Waals surface area contributed by atoms with Gasteiger partial charge in [0.25, 0.3) is 6.43 Å². The number of alkyl halides is 2. The second-order valence-electron chi connectivity index (χ2n) is 3.28. The van der Waals surface area contributed by atoms with E-state index in [1.165, 1.54) is 6.92 Å². The third-order valence-electron chi connectivity index (χ3n) is 2.03. The number of benzene rings is 1. The Morgan fingerprint density at radius 1 is 1.39 bits per heavy atom. The summed E-state index contributed by atoms with van der Waals surface area (Å²) in [4.78, 5) is 11.1. The molecular weight excluding hydrogens is 252 g/mol. The van der Waals surface area contributed by atoms with Crippen LogP contribution in [0.3, 0.4) is 0 Å². The number of hydrogen-bond acceptors (Lipinski definition) is 2. The van der Waals surface area contributed by atoms with Gasteiger partial charge in [0.05, 0.1) is 6.61 Å². The lowest BCUT2D eigenvalue weighted by atomic mass is 10.1. The molecule has 0 heterocycles. The van der Waals surface area contributed by atoms with Gasteiger partial charge in [-0.05, 0) is 25.1 Å². The van der Waals surface area contributed by atoms with E-state index in [0.29, 0.717) is 18.2 Å². The Labute approximate surface area is 101 Å². The summed E-state index contributed by atoms with van der Waals surface area (Å²) in [6.07, 6.45) is -2.66. The lowest BCUT2D eigenvalue weighted by Crippen LogP contribution is -2.06. The molecule has 0 aliphatic rings. The maximum absolute atomic E-state index is 13.3. The molecule has 0 aromatic heterocycles. The van der Waals surface area contributed by atoms with Crippen molar-refractivity contribution in [3.05, 3.63) is 41.5 Å². The zero-order chi connectivity index (χ0) is 13.7. The van der Waals surface area contributed by atoms with Crippen molar-refractivity contribution in [2.75, 3.05) is 6.61 Å². The molecule has 18 heavy (non-hydrogen) atoms. The molecule has 0 spiro atoms. The van der Waals surface area contributed by atoms with Gasteiger partial charge >= 0.3 is 5.97 Å². The van der Waals surface area contributed by atoms with E-state index in [1.54, 1.807) is 0 Å². The van der Waals surface area contributed by atoms with Crippen molar-refractivity contribution in [1.29, 1.82) is 0 Å². The molecule has 0 N–H and O–H groups in total. The Morgan fingerprint density at radius 3 is 2.61 bits per heavy atom. The van der Waals surface area contributed by atoms with E-state index in [2.05, 4.69) is 4.74 Å². The van der Waals surface area contributed by atoms with Crippen molar-refractivity contribution in [3.8, 4) is 0 Å². The van der Waals surface area contributed by atoms with Crippen LogP contribution in [-0.2, 0) is 9.53 Å². The number of esters is 1. The molecule has 0 atom stereocenters. The van der Waals surface area contributed by atoms with Crippen molar-refractivity contribution < 1.29 is 27.1 Å². The molecule has 1 aromatic rings. The van der Waals surface area contributed by atoms with E-state index in [-0.39, 0.29) is 6.61 Å². The predicted molar refractivity (Wildman–Crippen MR) is 57.0 cm³/mol. The highest BCUT2D eigenvalue weighted by Gasteiger charge is 2.19. The van der Waals surface area contributed by atoms with Crippen LogP contribution in [0.4, 0.5) is 17.6 Å². The monoisotopic (exact) mass is 262 g/mol. The highest BCUT2D eigenvalue weighted by Crippen LogP contribution is 2.25. The van der Waals surface area contributed by atoms with Gasteiger partial charge in [-0.1, -0.05) is 0 Å². The second kappa shape index (κ2) is 6.18. The summed E-state index contributed by atoms with van der Waals surface area (Å²) in [5.74, 6) is -2.94. The summed E-state index contributed by atoms with van der Waals surface area (Å²) < 4.78 is 56.1. The van der Waals surface area contributed by atoms with Crippen molar-refractivity contribution in [2.24, 2.45) is 0 Å². The number of carbonyl (C=O) groups excluding carboxylic acids is 1. The van der Waals surface area contributed by atoms with Crippen LogP contribution >= 0.6 is 0 Å². The summed E-state index contributed by atoms with van der Waals surface area (Å²) in [6, 6.07) is 2.12. The zero-order valence-electron chi connectivity index (χ0n) is 9.42. The van der Waals surface area contributed by atoms with Crippen molar-refractivity contribution in [1.82, 2.24) is 0 Å². The number of halogens is 4. The average molecular weight is 262 g/mol. The first-order valence-corrected chi connectivity index (χ1v) is 5.07. The van der Waals surface area contributed by atoms with Gasteiger partial charge in [-0.25, -0.2) is 22.4 Å². The van der Waals surface area contributed by atoms with Crippen LogP contribution in [0.1, 0.15) is 12.5 Å². The van der Waals surface area contributed by atoms with Crippen molar-refractivity contribution >= 4 is 11.5 Å². The molecule has 0 unspecified atom stereocenters. The highest BCUT2D eigenvalue weighted by molar-refractivity contribution is 5.92. The van der Waals surface area contributed by atoms with Crippen molar-refractivity contribution in [3.63, 3.8) is 0 Å². The lowest BCUT2D eigenvalue weighted by Gasteiger charge is -2.08. The quantitative estimate of drug-likeness (QED) is 0.473. The second-order valence-corrected chi connectivity index (χ2v) is 3.28. The molecule has 0 aliphatic heterocycles. The number of carbonyl (C=O) groups is 1. The zero-order valence-corrected chi connectivity index (χ0v) is 9.42. The van der Waals surface area contributed by atoms with E-state index >= 15 is 0 Å². The topological polar surface area (TPSA) is 26.3 Å². The van der Waals surface area contributed by atoms with E-state index in [9.17, 15) is 22.4 Å². The van der Waals surface area contributed by atoms with Crippen LogP contribution in [0.15, 0.2) is 24.3 Å². The van der Waals surface area contributed by atoms with Crippen LogP contribution in [0.25, 0.3) is 5.57 Å². The summed E-state index contributed by atoms with van der Waals surface area (Å²) in [5.41, 5.74) is -1.57. The standard InChI is InChI=1S/C12H10F4O2/c1-2-18-11(17)6-9(12(15)16)8-5-7(13)3-4-10(8)14/h3-6,12H,2H2,1H3/b9-6-. The average Bonchev–Trinajstić information content (AvgIpc) is 2.29. The maximum Gasteiger partial charge on any atom is 0.331 e. The van der Waals surface area contributed by atoms with Crippen LogP contribution < -0.4 is 0 Å². The smallest absolute Gasteiger partial charge is 0.331 e. The minimum absolute atomic E-state index is 0.00250. The van der Waals surface area contributed by atoms with Crippen LogP contribution in [0.2, 0.25) is 0 Å². The molecule has 0 saturated heterocycles. The maximum atomic E-state index is 13.3. The van der Waals surface area contributed by atoms with Gasteiger partial charge in [-0.3, -0.25) is 0 Å². The van der Waals surface area contributed by atoms with Gasteiger partial charge in [0.2, 0.25) is 0 Å². The summed E-state index contributed by atoms with van der Waals surface area (Å²) in [6.45, 7) is 1.49. The molecule has 0 amide bonds. The summed E-state index contributed by atoms with van der Waals surface area (Å²) in [5, 5.41) is 0. The number of hydrogen-bond donors (Lipinski definition) is 0. The number of allylic oxidation sites excluding steroid dienone is 1. The van der Waals surface area contributed by atoms with Gasteiger partial charge in [0.15, 0.2) is 0 Å². The fourth-order valence-electron chi connectivity index (χ4n) is 1.29. The third kappa shape index (κ3) is 3.58. The summed E-state index contributed by atoms with van der Waals surface area (Å²) >= 11 is 0. The summed E-state index contributed by atoms with van der Waals surface area (Å²) in [7, 11) is 0. The van der Waals surface area contributed by atoms with Crippen LogP contribution in [0.5, 0.6) is 0 Å². The van der Waals surface area contributed by atoms with Gasteiger partial charge in [-0.2, -0.15) is 0 Å². The van der Waals surface area contributed by atoms with Gasteiger partial charge in [-0.15, -0.1) is 0 Å². The molecule has 98 valence electrons. The third-order valence-corrected chi connectivity index (χ3v) is 2.03. The normalized spacial score (nSPS) is 11.8. The van der Waals surface area contributed by atoms with Gasteiger partial charge in [0, 0.05) is 17.2 Å². The molecule has 0 fully saturated rings. The van der Waals surface area contributed by atoms with Crippen LogP contribution in [0, 0.1) is 11.6 Å². The van der Waals surface area contributed by atoms with E-state index in [0.717, 1.165) is 6.07 Å². The van der Waals surface area contributed by atoms with Crippen LogP contribution in [-0.4, -0.2) is 19.0 Å². The molecule has 0 radical (unpaired) electrons. The molecule has 0 aliphatic carbocycles.